The summed E-state index contributed by atoms with van der Waals surface area (Å²) in [5.41, 5.74) is 1.04. The molecule has 0 spiro atoms. The highest BCUT2D eigenvalue weighted by atomic mass is 32.1. The minimum Gasteiger partial charge on any atom is -0.304 e. The van der Waals surface area contributed by atoms with Crippen LogP contribution in [0, 0.1) is 6.92 Å². The van der Waals surface area contributed by atoms with Crippen LogP contribution in [-0.2, 0) is 13.0 Å². The van der Waals surface area contributed by atoms with Gasteiger partial charge in [-0.15, -0.1) is 11.3 Å². The summed E-state index contributed by atoms with van der Waals surface area (Å²) < 4.78 is 0. The molecule has 2 aromatic heterocycles. The van der Waals surface area contributed by atoms with Crippen molar-refractivity contribution < 1.29 is 0 Å². The van der Waals surface area contributed by atoms with Gasteiger partial charge in [0.2, 0.25) is 0 Å². The average molecular weight is 261 g/mol. The Balaban J connectivity index is 1.93. The quantitative estimate of drug-likeness (QED) is 0.897. The maximum absolute atomic E-state index is 4.39. The number of aromatic nitrogens is 2. The van der Waals surface area contributed by atoms with Crippen LogP contribution in [0.15, 0.2) is 24.4 Å². The highest BCUT2D eigenvalue weighted by Crippen LogP contribution is 2.23. The van der Waals surface area contributed by atoms with E-state index in [0.717, 1.165) is 24.5 Å². The number of rotatable bonds is 5. The van der Waals surface area contributed by atoms with Gasteiger partial charge in [0, 0.05) is 28.5 Å². The number of nitrogens with zero attached hydrogens (tertiary/aromatic N) is 2. The monoisotopic (exact) mass is 261 g/mol. The molecule has 1 atom stereocenters. The first-order valence-electron chi connectivity index (χ1n) is 6.29. The van der Waals surface area contributed by atoms with E-state index in [1.54, 1.807) is 0 Å². The molecule has 0 amide bonds. The SMILES string of the molecule is CCc1ccc(C(C)NCc2ccnc(C)n2)s1. The predicted molar refractivity (Wildman–Crippen MR) is 75.7 cm³/mol. The van der Waals surface area contributed by atoms with Crippen molar-refractivity contribution in [3.63, 3.8) is 0 Å². The Morgan fingerprint density at radius 2 is 2.17 bits per heavy atom. The summed E-state index contributed by atoms with van der Waals surface area (Å²) in [6, 6.07) is 6.75. The fourth-order valence-corrected chi connectivity index (χ4v) is 2.76. The molecule has 4 heteroatoms. The smallest absolute Gasteiger partial charge is 0.125 e. The Morgan fingerprint density at radius 1 is 1.33 bits per heavy atom. The number of thiophene rings is 1. The fourth-order valence-electron chi connectivity index (χ4n) is 1.78. The zero-order chi connectivity index (χ0) is 13.0. The Morgan fingerprint density at radius 3 is 2.83 bits per heavy atom. The first-order valence-corrected chi connectivity index (χ1v) is 7.11. The van der Waals surface area contributed by atoms with Crippen molar-refractivity contribution in [2.24, 2.45) is 0 Å². The third kappa shape index (κ3) is 3.37. The first-order chi connectivity index (χ1) is 8.69. The molecule has 0 saturated carbocycles. The second-order valence-electron chi connectivity index (χ2n) is 4.36. The molecule has 0 radical (unpaired) electrons. The Labute approximate surface area is 112 Å². The van der Waals surface area contributed by atoms with Crippen LogP contribution in [-0.4, -0.2) is 9.97 Å². The summed E-state index contributed by atoms with van der Waals surface area (Å²) in [5.74, 6) is 0.825. The van der Waals surface area contributed by atoms with Crippen molar-refractivity contribution in [3.05, 3.63) is 45.7 Å². The summed E-state index contributed by atoms with van der Waals surface area (Å²) in [4.78, 5) is 11.3. The topological polar surface area (TPSA) is 37.8 Å². The lowest BCUT2D eigenvalue weighted by Crippen LogP contribution is -2.18. The molecule has 0 fully saturated rings. The summed E-state index contributed by atoms with van der Waals surface area (Å²) in [5, 5.41) is 3.50. The average Bonchev–Trinajstić information content (AvgIpc) is 2.85. The van der Waals surface area contributed by atoms with Crippen LogP contribution in [0.4, 0.5) is 0 Å². The molecule has 0 saturated heterocycles. The molecule has 1 unspecified atom stereocenters. The summed E-state index contributed by atoms with van der Waals surface area (Å²) in [6.07, 6.45) is 2.92. The van der Waals surface area contributed by atoms with Crippen molar-refractivity contribution in [2.75, 3.05) is 0 Å². The van der Waals surface area contributed by atoms with Gasteiger partial charge in [0.05, 0.1) is 5.69 Å². The Hall–Kier alpha value is -1.26. The van der Waals surface area contributed by atoms with E-state index in [2.05, 4.69) is 41.3 Å². The van der Waals surface area contributed by atoms with E-state index >= 15 is 0 Å². The lowest BCUT2D eigenvalue weighted by molar-refractivity contribution is 0.574. The van der Waals surface area contributed by atoms with Crippen molar-refractivity contribution >= 4 is 11.3 Å². The van der Waals surface area contributed by atoms with Gasteiger partial charge in [-0.3, -0.25) is 0 Å². The first kappa shape index (κ1) is 13.2. The molecule has 0 aromatic carbocycles. The molecule has 96 valence electrons. The third-order valence-electron chi connectivity index (χ3n) is 2.88. The minimum atomic E-state index is 0.366. The van der Waals surface area contributed by atoms with Crippen LogP contribution >= 0.6 is 11.3 Å². The highest BCUT2D eigenvalue weighted by molar-refractivity contribution is 7.12. The van der Waals surface area contributed by atoms with Gasteiger partial charge < -0.3 is 5.32 Å². The van der Waals surface area contributed by atoms with Gasteiger partial charge in [-0.25, -0.2) is 9.97 Å². The molecule has 2 aromatic rings. The van der Waals surface area contributed by atoms with Crippen molar-refractivity contribution in [3.8, 4) is 0 Å². The number of hydrogen-bond acceptors (Lipinski definition) is 4. The van der Waals surface area contributed by atoms with E-state index in [4.69, 9.17) is 0 Å². The second kappa shape index (κ2) is 6.07. The van der Waals surface area contributed by atoms with E-state index in [1.807, 2.05) is 30.5 Å². The number of nitrogens with one attached hydrogen (secondary N) is 1. The van der Waals surface area contributed by atoms with Gasteiger partial charge in [-0.2, -0.15) is 0 Å². The molecule has 0 aliphatic carbocycles. The summed E-state index contributed by atoms with van der Waals surface area (Å²) in [6.45, 7) is 7.08. The van der Waals surface area contributed by atoms with Crippen LogP contribution in [0.5, 0.6) is 0 Å². The van der Waals surface area contributed by atoms with Gasteiger partial charge in [-0.1, -0.05) is 6.92 Å². The van der Waals surface area contributed by atoms with E-state index < -0.39 is 0 Å². The highest BCUT2D eigenvalue weighted by Gasteiger charge is 2.08. The van der Waals surface area contributed by atoms with Crippen LogP contribution in [0.3, 0.4) is 0 Å². The van der Waals surface area contributed by atoms with Gasteiger partial charge in [0.1, 0.15) is 5.82 Å². The van der Waals surface area contributed by atoms with Gasteiger partial charge in [0.15, 0.2) is 0 Å². The largest absolute Gasteiger partial charge is 0.304 e. The fraction of sp³-hybridized carbons (Fsp3) is 0.429. The zero-order valence-corrected chi connectivity index (χ0v) is 11.9. The minimum absolute atomic E-state index is 0.366. The molecule has 2 rings (SSSR count). The molecular formula is C14H19N3S. The molecule has 18 heavy (non-hydrogen) atoms. The second-order valence-corrected chi connectivity index (χ2v) is 5.56. The maximum atomic E-state index is 4.39. The Kier molecular flexibility index (Phi) is 4.44. The van der Waals surface area contributed by atoms with E-state index in [0.29, 0.717) is 6.04 Å². The van der Waals surface area contributed by atoms with Crippen molar-refractivity contribution in [1.82, 2.24) is 15.3 Å². The standard InChI is InChI=1S/C14H19N3S/c1-4-13-5-6-14(18-13)10(2)16-9-12-7-8-15-11(3)17-12/h5-8,10,16H,4,9H2,1-3H3. The van der Waals surface area contributed by atoms with E-state index in [1.165, 1.54) is 9.75 Å². The molecule has 2 heterocycles. The molecular weight excluding hydrogens is 242 g/mol. The van der Waals surface area contributed by atoms with Crippen LogP contribution < -0.4 is 5.32 Å². The zero-order valence-electron chi connectivity index (χ0n) is 11.1. The van der Waals surface area contributed by atoms with Gasteiger partial charge >= 0.3 is 0 Å². The lowest BCUT2D eigenvalue weighted by atomic mass is 10.2. The summed E-state index contributed by atoms with van der Waals surface area (Å²) >= 11 is 1.88. The summed E-state index contributed by atoms with van der Waals surface area (Å²) in [7, 11) is 0. The molecule has 3 nitrogen and oxygen atoms in total. The van der Waals surface area contributed by atoms with Crippen LogP contribution in [0.2, 0.25) is 0 Å². The maximum Gasteiger partial charge on any atom is 0.125 e. The van der Waals surface area contributed by atoms with Gasteiger partial charge in [-0.05, 0) is 38.5 Å². The molecule has 0 aliphatic heterocycles. The van der Waals surface area contributed by atoms with E-state index in [-0.39, 0.29) is 0 Å². The third-order valence-corrected chi connectivity index (χ3v) is 4.29. The molecule has 1 N–H and O–H groups in total. The number of aryl methyl sites for hydroxylation is 2. The molecule has 0 bridgehead atoms. The van der Waals surface area contributed by atoms with Gasteiger partial charge in [0.25, 0.3) is 0 Å². The molecule has 0 aliphatic rings. The van der Waals surface area contributed by atoms with Crippen molar-refractivity contribution in [1.29, 1.82) is 0 Å². The van der Waals surface area contributed by atoms with Crippen molar-refractivity contribution in [2.45, 2.75) is 39.8 Å². The van der Waals surface area contributed by atoms with E-state index in [9.17, 15) is 0 Å². The Bertz CT molecular complexity index is 507. The normalized spacial score (nSPS) is 12.6. The predicted octanol–water partition coefficient (Wildman–Crippen LogP) is 3.26. The van der Waals surface area contributed by atoms with Crippen LogP contribution in [0.25, 0.3) is 0 Å². The lowest BCUT2D eigenvalue weighted by Gasteiger charge is -2.11. The number of hydrogen-bond donors (Lipinski definition) is 1. The van der Waals surface area contributed by atoms with Crippen LogP contribution in [0.1, 0.15) is 41.2 Å².